The lowest BCUT2D eigenvalue weighted by molar-refractivity contribution is -0.131. The van der Waals surface area contributed by atoms with Gasteiger partial charge in [-0.2, -0.15) is 0 Å². The molecule has 0 unspecified atom stereocenters. The van der Waals surface area contributed by atoms with Crippen LogP contribution in [0.4, 0.5) is 10.5 Å². The van der Waals surface area contributed by atoms with Crippen LogP contribution < -0.4 is 26.4 Å². The predicted molar refractivity (Wildman–Crippen MR) is 142 cm³/mol. The van der Waals surface area contributed by atoms with E-state index in [4.69, 9.17) is 0 Å². The van der Waals surface area contributed by atoms with Gasteiger partial charge in [-0.1, -0.05) is 44.4 Å². The van der Waals surface area contributed by atoms with Crippen LogP contribution >= 0.6 is 0 Å². The number of urea groups is 1. The van der Waals surface area contributed by atoms with Crippen molar-refractivity contribution in [3.05, 3.63) is 46.4 Å². The molecule has 2 aromatic rings. The summed E-state index contributed by atoms with van der Waals surface area (Å²) in [4.78, 5) is 67.0. The molecular formula is C27H36N6O5. The molecule has 1 saturated heterocycles. The fourth-order valence-electron chi connectivity index (χ4n) is 5.33. The van der Waals surface area contributed by atoms with Crippen LogP contribution in [0.15, 0.2) is 35.1 Å². The molecule has 2 aliphatic rings. The lowest BCUT2D eigenvalue weighted by Crippen LogP contribution is -2.62. The maximum absolute atomic E-state index is 14.0. The summed E-state index contributed by atoms with van der Waals surface area (Å²) in [5, 5.41) is 7.69. The van der Waals surface area contributed by atoms with Gasteiger partial charge in [-0.05, 0) is 45.2 Å². The number of benzene rings is 1. The molecule has 38 heavy (non-hydrogen) atoms. The number of rotatable bonds is 8. The quantitative estimate of drug-likeness (QED) is 0.454. The molecule has 0 radical (unpaired) electrons. The number of para-hydroxylation sites is 1. The molecule has 1 aliphatic heterocycles. The standard InChI is InChI=1S/C27H36N6O5/c1-5-27(3,25(37)28-18-12-8-6-9-13-18)32(21(34)16-20-23(35)30-26(38)29-20)22-17(2)31(4)33(24(22)36)19-14-10-7-11-15-19/h7,10-11,14-15,18,20H,5-6,8-9,12-13,16H2,1-4H3,(H,28,37)(H2,29,30,35,38)/t20-,27-/m1/s1. The largest absolute Gasteiger partial charge is 0.351 e. The van der Waals surface area contributed by atoms with Crippen LogP contribution in [0.25, 0.3) is 5.69 Å². The van der Waals surface area contributed by atoms with Gasteiger partial charge < -0.3 is 10.6 Å². The van der Waals surface area contributed by atoms with Crippen LogP contribution in [0.1, 0.15) is 64.5 Å². The Morgan fingerprint density at radius 2 is 1.76 bits per heavy atom. The number of nitrogens with one attached hydrogen (secondary N) is 3. The fraction of sp³-hybridized carbons (Fsp3) is 0.519. The molecule has 2 atom stereocenters. The van der Waals surface area contributed by atoms with E-state index in [0.29, 0.717) is 11.4 Å². The van der Waals surface area contributed by atoms with E-state index in [1.807, 2.05) is 18.2 Å². The number of hydrogen-bond donors (Lipinski definition) is 3. The van der Waals surface area contributed by atoms with Gasteiger partial charge in [0.15, 0.2) is 0 Å². The minimum atomic E-state index is -1.42. The number of anilines is 1. The Hall–Kier alpha value is -3.89. The molecule has 1 aromatic carbocycles. The van der Waals surface area contributed by atoms with Crippen molar-refractivity contribution in [3.8, 4) is 5.69 Å². The Bertz CT molecular complexity index is 1290. The monoisotopic (exact) mass is 524 g/mol. The van der Waals surface area contributed by atoms with Crippen molar-refractivity contribution < 1.29 is 19.2 Å². The van der Waals surface area contributed by atoms with Crippen molar-refractivity contribution in [2.24, 2.45) is 7.05 Å². The highest BCUT2D eigenvalue weighted by Gasteiger charge is 2.46. The third-order valence-electron chi connectivity index (χ3n) is 7.85. The summed E-state index contributed by atoms with van der Waals surface area (Å²) in [7, 11) is 1.71. The lowest BCUT2D eigenvalue weighted by atomic mass is 9.90. The van der Waals surface area contributed by atoms with Crippen molar-refractivity contribution in [2.45, 2.75) is 83.3 Å². The van der Waals surface area contributed by atoms with Crippen molar-refractivity contribution in [1.82, 2.24) is 25.3 Å². The molecule has 2 fully saturated rings. The summed E-state index contributed by atoms with van der Waals surface area (Å²) in [6.07, 6.45) is 4.71. The van der Waals surface area contributed by atoms with E-state index in [1.54, 1.807) is 44.6 Å². The molecule has 2 heterocycles. The van der Waals surface area contributed by atoms with Gasteiger partial charge in [0.2, 0.25) is 11.8 Å². The van der Waals surface area contributed by atoms with Crippen LogP contribution in [-0.4, -0.2) is 50.7 Å². The van der Waals surface area contributed by atoms with Crippen molar-refractivity contribution in [1.29, 1.82) is 0 Å². The molecule has 1 saturated carbocycles. The molecular weight excluding hydrogens is 488 g/mol. The van der Waals surface area contributed by atoms with E-state index in [-0.39, 0.29) is 24.1 Å². The smallest absolute Gasteiger partial charge is 0.322 e. The zero-order valence-electron chi connectivity index (χ0n) is 22.4. The number of hydrogen-bond acceptors (Lipinski definition) is 5. The van der Waals surface area contributed by atoms with E-state index in [2.05, 4.69) is 16.0 Å². The van der Waals surface area contributed by atoms with Gasteiger partial charge in [0, 0.05) is 13.1 Å². The zero-order chi connectivity index (χ0) is 27.6. The molecule has 0 spiro atoms. The molecule has 5 amide bonds. The summed E-state index contributed by atoms with van der Waals surface area (Å²) >= 11 is 0. The lowest BCUT2D eigenvalue weighted by Gasteiger charge is -2.40. The average molecular weight is 525 g/mol. The number of imide groups is 1. The van der Waals surface area contributed by atoms with Crippen molar-refractivity contribution in [2.75, 3.05) is 4.90 Å². The molecule has 11 heteroatoms. The number of carbonyl (C=O) groups is 4. The van der Waals surface area contributed by atoms with E-state index in [1.165, 1.54) is 9.58 Å². The molecule has 11 nitrogen and oxygen atoms in total. The van der Waals surface area contributed by atoms with E-state index < -0.39 is 41.4 Å². The normalized spacial score (nSPS) is 19.4. The minimum absolute atomic E-state index is 0.00294. The second-order valence-electron chi connectivity index (χ2n) is 10.3. The molecule has 3 N–H and O–H groups in total. The van der Waals surface area contributed by atoms with Crippen molar-refractivity contribution >= 4 is 29.4 Å². The van der Waals surface area contributed by atoms with Crippen LogP contribution in [-0.2, 0) is 21.4 Å². The highest BCUT2D eigenvalue weighted by molar-refractivity contribution is 6.09. The first kappa shape index (κ1) is 27.2. The maximum atomic E-state index is 14.0. The zero-order valence-corrected chi connectivity index (χ0v) is 22.4. The summed E-state index contributed by atoms with van der Waals surface area (Å²) in [6, 6.07) is 7.23. The first-order chi connectivity index (χ1) is 18.1. The fourth-order valence-corrected chi connectivity index (χ4v) is 5.33. The van der Waals surface area contributed by atoms with Crippen LogP contribution in [0, 0.1) is 6.92 Å². The first-order valence-electron chi connectivity index (χ1n) is 13.2. The van der Waals surface area contributed by atoms with Gasteiger partial charge in [-0.25, -0.2) is 9.48 Å². The summed E-state index contributed by atoms with van der Waals surface area (Å²) in [6.45, 7) is 5.16. The third kappa shape index (κ3) is 4.97. The maximum Gasteiger partial charge on any atom is 0.322 e. The number of amides is 5. The average Bonchev–Trinajstić information content (AvgIpc) is 3.33. The molecule has 1 aromatic heterocycles. The second-order valence-corrected chi connectivity index (χ2v) is 10.3. The number of aromatic nitrogens is 2. The predicted octanol–water partition coefficient (Wildman–Crippen LogP) is 2.03. The SMILES string of the molecule is CC[C@](C)(C(=O)NC1CCCCC1)N(C(=O)C[C@H]1NC(=O)NC1=O)c1c(C)n(C)n(-c2ccccc2)c1=O. The summed E-state index contributed by atoms with van der Waals surface area (Å²) in [5.41, 5.74) is -0.733. The van der Waals surface area contributed by atoms with Gasteiger partial charge in [0.25, 0.3) is 11.5 Å². The van der Waals surface area contributed by atoms with Gasteiger partial charge in [-0.3, -0.25) is 34.1 Å². The summed E-state index contributed by atoms with van der Waals surface area (Å²) in [5.74, 6) is -1.59. The van der Waals surface area contributed by atoms with Crippen LogP contribution in [0.5, 0.6) is 0 Å². The Morgan fingerprint density at radius 1 is 1.11 bits per heavy atom. The van der Waals surface area contributed by atoms with Gasteiger partial charge in [0.05, 0.1) is 17.8 Å². The highest BCUT2D eigenvalue weighted by Crippen LogP contribution is 2.31. The Balaban J connectivity index is 1.81. The number of carbonyl (C=O) groups excluding carboxylic acids is 4. The highest BCUT2D eigenvalue weighted by atomic mass is 16.2. The third-order valence-corrected chi connectivity index (χ3v) is 7.85. The Labute approximate surface area is 221 Å². The number of nitrogens with zero attached hydrogens (tertiary/aromatic N) is 3. The van der Waals surface area contributed by atoms with E-state index >= 15 is 0 Å². The molecule has 0 bridgehead atoms. The van der Waals surface area contributed by atoms with E-state index in [0.717, 1.165) is 32.1 Å². The molecule has 1 aliphatic carbocycles. The Morgan fingerprint density at radius 3 is 2.34 bits per heavy atom. The van der Waals surface area contributed by atoms with Crippen molar-refractivity contribution in [3.63, 3.8) is 0 Å². The summed E-state index contributed by atoms with van der Waals surface area (Å²) < 4.78 is 3.09. The second kappa shape index (κ2) is 10.8. The minimum Gasteiger partial charge on any atom is -0.351 e. The Kier molecular flexibility index (Phi) is 7.75. The van der Waals surface area contributed by atoms with Crippen LogP contribution in [0.3, 0.4) is 0 Å². The first-order valence-corrected chi connectivity index (χ1v) is 13.2. The topological polar surface area (TPSA) is 135 Å². The van der Waals surface area contributed by atoms with Gasteiger partial charge in [0.1, 0.15) is 17.3 Å². The molecule has 4 rings (SSSR count). The molecule has 204 valence electrons. The van der Waals surface area contributed by atoms with Gasteiger partial charge >= 0.3 is 6.03 Å². The van der Waals surface area contributed by atoms with Gasteiger partial charge in [-0.15, -0.1) is 0 Å². The van der Waals surface area contributed by atoms with E-state index in [9.17, 15) is 24.0 Å². The van der Waals surface area contributed by atoms with Crippen LogP contribution in [0.2, 0.25) is 0 Å².